The number of fused-ring (bicyclic) bond motifs is 1. The van der Waals surface area contributed by atoms with Gasteiger partial charge in [-0.3, -0.25) is 0 Å². The van der Waals surface area contributed by atoms with Crippen LogP contribution in [0.1, 0.15) is 447 Å². The molecule has 5 heteroatoms. The molecule has 0 atom stereocenters. The molecule has 0 bridgehead atoms. The molecule has 0 radical (unpaired) electrons. The number of unbranched alkanes of at least 4 members (excludes halogenated alkanes) is 49. The second-order valence-electron chi connectivity index (χ2n) is 27.5. The molecule has 2 aromatic carbocycles. The minimum Gasteiger partial charge on any atom is -0.744 e. The van der Waals surface area contributed by atoms with Gasteiger partial charge in [-0.2, -0.15) is 0 Å². The maximum absolute atomic E-state index is 15.0. The van der Waals surface area contributed by atoms with Gasteiger partial charge in [-0.05, 0) is 134 Å². The van der Waals surface area contributed by atoms with Crippen molar-refractivity contribution in [2.24, 2.45) is 0 Å². The Balaban J connectivity index is 0.0000361. The maximum atomic E-state index is 15.0. The van der Waals surface area contributed by atoms with E-state index < -0.39 is 10.1 Å². The van der Waals surface area contributed by atoms with Crippen molar-refractivity contribution in [2.45, 2.75) is 458 Å². The fourth-order valence-electron chi connectivity index (χ4n) is 14.5. The molecule has 0 fully saturated rings. The van der Waals surface area contributed by atoms with Gasteiger partial charge in [0.15, 0.2) is 0 Å². The van der Waals surface area contributed by atoms with Crippen molar-refractivity contribution in [3.05, 3.63) is 38.9 Å². The number of hydrogen-bond donors (Lipinski definition) is 0. The average Bonchev–Trinajstić information content (AvgIpc) is 0.802. The minimum absolute atomic E-state index is 0. The standard InChI is InChI=1S/C80H148O3S.Na/c1-8-15-22-29-36-43-50-57-64-71-72(65-58-51-44-37-30-23-16-9-2)76(69-62-55-48-41-34-27-20-13-6)79-78(74(71)67-60-53-46-39-32-25-18-11-4)75(68-61-54-47-40-33-26-19-12-5)73(66-59-52-45-38-31-24-17-10-3)77(80(79)84(81,82)83)70-63-56-49-42-35-28-21-14-7;/h8-70H2,1-7H3,(H,81,82,83);/q;+1/p-1. The van der Waals surface area contributed by atoms with Gasteiger partial charge in [0.1, 0.15) is 10.1 Å². The molecule has 0 amide bonds. The van der Waals surface area contributed by atoms with Gasteiger partial charge in [0.05, 0.1) is 4.90 Å². The summed E-state index contributed by atoms with van der Waals surface area (Å²) >= 11 is 0. The molecule has 0 aliphatic rings. The van der Waals surface area contributed by atoms with Crippen molar-refractivity contribution in [3.63, 3.8) is 0 Å². The van der Waals surface area contributed by atoms with Crippen LogP contribution in [0, 0.1) is 0 Å². The first-order valence-electron chi connectivity index (χ1n) is 38.9. The smallest absolute Gasteiger partial charge is 0.744 e. The Bertz CT molecular complexity index is 1890. The van der Waals surface area contributed by atoms with E-state index in [9.17, 15) is 0 Å². The summed E-state index contributed by atoms with van der Waals surface area (Å²) < 4.78 is 45.1. The molecule has 0 aliphatic carbocycles. The quantitative estimate of drug-likeness (QED) is 0.0377. The Labute approximate surface area is 556 Å². The summed E-state index contributed by atoms with van der Waals surface area (Å²) in [7, 11) is -4.83. The van der Waals surface area contributed by atoms with Crippen molar-refractivity contribution in [1.29, 1.82) is 0 Å². The van der Waals surface area contributed by atoms with Gasteiger partial charge in [-0.25, -0.2) is 8.42 Å². The van der Waals surface area contributed by atoms with Crippen molar-refractivity contribution in [2.75, 3.05) is 0 Å². The summed E-state index contributed by atoms with van der Waals surface area (Å²) in [6, 6.07) is 0. The second kappa shape index (κ2) is 58.7. The van der Waals surface area contributed by atoms with Crippen LogP contribution >= 0.6 is 0 Å². The van der Waals surface area contributed by atoms with Crippen molar-refractivity contribution in [1.82, 2.24) is 0 Å². The van der Waals surface area contributed by atoms with Gasteiger partial charge >= 0.3 is 29.6 Å². The average molecular weight is 1210 g/mol. The molecular weight excluding hydrogens is 1060 g/mol. The summed E-state index contributed by atoms with van der Waals surface area (Å²) in [5.74, 6) is 0. The van der Waals surface area contributed by atoms with E-state index in [2.05, 4.69) is 48.5 Å². The molecule has 0 aromatic heterocycles. The second-order valence-corrected chi connectivity index (χ2v) is 28.8. The molecule has 0 unspecified atom stereocenters. The van der Waals surface area contributed by atoms with Crippen LogP contribution in [0.3, 0.4) is 0 Å². The van der Waals surface area contributed by atoms with E-state index in [4.69, 9.17) is 0 Å². The van der Waals surface area contributed by atoms with E-state index in [0.29, 0.717) is 0 Å². The maximum Gasteiger partial charge on any atom is 1.00 e. The summed E-state index contributed by atoms with van der Waals surface area (Å²) in [6.45, 7) is 16.2. The molecule has 0 saturated heterocycles. The fourth-order valence-corrected chi connectivity index (χ4v) is 15.5. The predicted molar refractivity (Wildman–Crippen MR) is 376 cm³/mol. The Morgan fingerprint density at radius 3 is 0.529 bits per heavy atom. The third kappa shape index (κ3) is 38.9. The van der Waals surface area contributed by atoms with Crippen LogP contribution in [0.25, 0.3) is 10.8 Å². The Morgan fingerprint density at radius 1 is 0.200 bits per heavy atom. The first kappa shape index (κ1) is 82.6. The van der Waals surface area contributed by atoms with Crippen LogP contribution in [0.2, 0.25) is 0 Å². The summed E-state index contributed by atoms with van der Waals surface area (Å²) in [5.41, 5.74) is 9.84. The number of benzene rings is 2. The molecule has 3 nitrogen and oxygen atoms in total. The van der Waals surface area contributed by atoms with E-state index in [-0.39, 0.29) is 34.5 Å². The third-order valence-corrected chi connectivity index (χ3v) is 20.6. The molecule has 2 aromatic rings. The van der Waals surface area contributed by atoms with Crippen LogP contribution in [0.15, 0.2) is 4.90 Å². The summed E-state index contributed by atoms with van der Waals surface area (Å²) in [4.78, 5) is 0.275. The normalized spacial score (nSPS) is 11.9. The van der Waals surface area contributed by atoms with Gasteiger partial charge in [-0.15, -0.1) is 0 Å². The van der Waals surface area contributed by atoms with Crippen LogP contribution in [0.5, 0.6) is 0 Å². The molecule has 0 spiro atoms. The Kier molecular flexibility index (Phi) is 57.0. The largest absolute Gasteiger partial charge is 1.00 e. The van der Waals surface area contributed by atoms with E-state index in [1.807, 2.05) is 0 Å². The fraction of sp³-hybridized carbons (Fsp3) is 0.875. The van der Waals surface area contributed by atoms with Gasteiger partial charge in [0, 0.05) is 5.39 Å². The Hall–Kier alpha value is -0.390. The summed E-state index contributed by atoms with van der Waals surface area (Å²) in [6.07, 6.45) is 78.2. The number of hydrogen-bond acceptors (Lipinski definition) is 3. The van der Waals surface area contributed by atoms with Crippen molar-refractivity contribution in [3.8, 4) is 0 Å². The molecule has 492 valence electrons. The number of rotatable bonds is 64. The van der Waals surface area contributed by atoms with Crippen LogP contribution in [0.4, 0.5) is 0 Å². The van der Waals surface area contributed by atoms with Gasteiger partial charge in [0.2, 0.25) is 0 Å². The predicted octanol–water partition coefficient (Wildman–Crippen LogP) is 24.5. The molecular formula is C80H147NaO3S. The van der Waals surface area contributed by atoms with Gasteiger partial charge in [0.25, 0.3) is 0 Å². The molecule has 0 saturated carbocycles. The van der Waals surface area contributed by atoms with Crippen LogP contribution < -0.4 is 29.6 Å². The zero-order valence-electron chi connectivity index (χ0n) is 59.2. The molecule has 0 N–H and O–H groups in total. The first-order valence-corrected chi connectivity index (χ1v) is 40.3. The number of aryl methyl sites for hydroxylation is 3. The summed E-state index contributed by atoms with van der Waals surface area (Å²) in [5, 5.41) is 2.29. The van der Waals surface area contributed by atoms with E-state index in [1.165, 1.54) is 348 Å². The first-order chi connectivity index (χ1) is 41.3. The van der Waals surface area contributed by atoms with Gasteiger partial charge < -0.3 is 4.55 Å². The van der Waals surface area contributed by atoms with Crippen LogP contribution in [-0.4, -0.2) is 13.0 Å². The third-order valence-electron chi connectivity index (χ3n) is 19.7. The Morgan fingerprint density at radius 2 is 0.341 bits per heavy atom. The van der Waals surface area contributed by atoms with Crippen LogP contribution in [-0.2, 0) is 55.1 Å². The topological polar surface area (TPSA) is 57.2 Å². The SMILES string of the molecule is CCCCCCCCCCc1c(CCCCCCCCCC)c(CCCCCCCCCC)c2c(S(=O)(=O)[O-])c(CCCCCCCCCC)c(CCCCCCCCCC)c(CCCCCCCCCC)c2c1CCCCCCCCCC.[Na+]. The van der Waals surface area contributed by atoms with Gasteiger partial charge in [-0.1, -0.05) is 363 Å². The molecule has 0 aliphatic heterocycles. The monoisotopic (exact) mass is 1210 g/mol. The zero-order valence-corrected chi connectivity index (χ0v) is 62.0. The van der Waals surface area contributed by atoms with Crippen molar-refractivity contribution < 1.29 is 42.5 Å². The molecule has 0 heterocycles. The molecule has 85 heavy (non-hydrogen) atoms. The molecule has 2 rings (SSSR count). The zero-order chi connectivity index (χ0) is 60.8. The minimum atomic E-state index is -4.83. The van der Waals surface area contributed by atoms with Crippen molar-refractivity contribution >= 4 is 20.9 Å². The van der Waals surface area contributed by atoms with E-state index in [1.54, 1.807) is 5.56 Å². The van der Waals surface area contributed by atoms with E-state index in [0.717, 1.165) is 101 Å². The van der Waals surface area contributed by atoms with E-state index >= 15 is 13.0 Å².